The molecule has 0 rings (SSSR count). The largest absolute Gasteiger partial charge is 0.313 e. The molecule has 0 aliphatic rings. The quantitative estimate of drug-likeness (QED) is 0.682. The summed E-state index contributed by atoms with van der Waals surface area (Å²) < 4.78 is 0. The SMILES string of the molecule is CC(C)CC(CNC(C)C)N(C)C. The minimum atomic E-state index is 0.592. The standard InChI is InChI=1S/C11H26N2/c1-9(2)7-11(13(5)6)8-12-10(3)4/h9-12H,7-8H2,1-6H3. The second-order valence-electron chi connectivity index (χ2n) is 4.81. The second kappa shape index (κ2) is 6.39. The first-order valence-corrected chi connectivity index (χ1v) is 5.33. The molecule has 2 nitrogen and oxygen atoms in total. The maximum atomic E-state index is 3.49. The van der Waals surface area contributed by atoms with E-state index in [0.29, 0.717) is 12.1 Å². The van der Waals surface area contributed by atoms with Crippen molar-refractivity contribution in [2.45, 2.75) is 46.2 Å². The number of hydrogen-bond acceptors (Lipinski definition) is 2. The summed E-state index contributed by atoms with van der Waals surface area (Å²) in [4.78, 5) is 2.31. The summed E-state index contributed by atoms with van der Waals surface area (Å²) >= 11 is 0. The van der Waals surface area contributed by atoms with Gasteiger partial charge in [-0.15, -0.1) is 0 Å². The van der Waals surface area contributed by atoms with Crippen LogP contribution in [0.15, 0.2) is 0 Å². The molecule has 0 amide bonds. The van der Waals surface area contributed by atoms with Crippen LogP contribution in [0.3, 0.4) is 0 Å². The van der Waals surface area contributed by atoms with Crippen LogP contribution in [-0.4, -0.2) is 37.6 Å². The lowest BCUT2D eigenvalue weighted by Gasteiger charge is -2.27. The molecule has 1 atom stereocenters. The molecule has 0 aliphatic carbocycles. The van der Waals surface area contributed by atoms with Gasteiger partial charge in [0.2, 0.25) is 0 Å². The van der Waals surface area contributed by atoms with Gasteiger partial charge >= 0.3 is 0 Å². The molecule has 1 unspecified atom stereocenters. The third-order valence-electron chi connectivity index (χ3n) is 2.24. The summed E-state index contributed by atoms with van der Waals surface area (Å²) in [7, 11) is 4.32. The molecule has 0 fully saturated rings. The van der Waals surface area contributed by atoms with Crippen molar-refractivity contribution in [2.75, 3.05) is 20.6 Å². The average molecular weight is 186 g/mol. The van der Waals surface area contributed by atoms with Crippen molar-refractivity contribution in [3.8, 4) is 0 Å². The van der Waals surface area contributed by atoms with Crippen molar-refractivity contribution in [3.63, 3.8) is 0 Å². The lowest BCUT2D eigenvalue weighted by atomic mass is 10.0. The van der Waals surface area contributed by atoms with Crippen LogP contribution in [0, 0.1) is 5.92 Å². The zero-order valence-electron chi connectivity index (χ0n) is 10.1. The highest BCUT2D eigenvalue weighted by atomic mass is 15.1. The van der Waals surface area contributed by atoms with Gasteiger partial charge in [-0.05, 0) is 26.4 Å². The van der Waals surface area contributed by atoms with Gasteiger partial charge in [-0.25, -0.2) is 0 Å². The van der Waals surface area contributed by atoms with E-state index in [1.54, 1.807) is 0 Å². The first kappa shape index (κ1) is 12.9. The van der Waals surface area contributed by atoms with Gasteiger partial charge in [-0.1, -0.05) is 27.7 Å². The summed E-state index contributed by atoms with van der Waals surface area (Å²) in [5, 5.41) is 3.49. The Morgan fingerprint density at radius 3 is 1.92 bits per heavy atom. The van der Waals surface area contributed by atoms with E-state index in [4.69, 9.17) is 0 Å². The molecule has 0 saturated heterocycles. The lowest BCUT2D eigenvalue weighted by Crippen LogP contribution is -2.41. The average Bonchev–Trinajstić information content (AvgIpc) is 1.96. The van der Waals surface area contributed by atoms with Crippen LogP contribution >= 0.6 is 0 Å². The van der Waals surface area contributed by atoms with Crippen molar-refractivity contribution in [1.29, 1.82) is 0 Å². The summed E-state index contributed by atoms with van der Waals surface area (Å²) in [6.07, 6.45) is 1.27. The molecule has 13 heavy (non-hydrogen) atoms. The van der Waals surface area contributed by atoms with Crippen LogP contribution in [0.5, 0.6) is 0 Å². The van der Waals surface area contributed by atoms with E-state index in [0.717, 1.165) is 12.5 Å². The van der Waals surface area contributed by atoms with Gasteiger partial charge in [-0.3, -0.25) is 0 Å². The van der Waals surface area contributed by atoms with Crippen molar-refractivity contribution < 1.29 is 0 Å². The monoisotopic (exact) mass is 186 g/mol. The molecule has 0 spiro atoms. The first-order chi connectivity index (χ1) is 5.93. The Balaban J connectivity index is 3.81. The Bertz CT molecular complexity index is 119. The van der Waals surface area contributed by atoms with E-state index in [9.17, 15) is 0 Å². The van der Waals surface area contributed by atoms with Crippen molar-refractivity contribution in [2.24, 2.45) is 5.92 Å². The van der Waals surface area contributed by atoms with Crippen molar-refractivity contribution in [1.82, 2.24) is 10.2 Å². The highest BCUT2D eigenvalue weighted by Crippen LogP contribution is 2.08. The molecule has 0 aromatic carbocycles. The number of nitrogens with one attached hydrogen (secondary N) is 1. The fourth-order valence-electron chi connectivity index (χ4n) is 1.39. The summed E-state index contributed by atoms with van der Waals surface area (Å²) in [5.41, 5.74) is 0. The van der Waals surface area contributed by atoms with Gasteiger partial charge in [0, 0.05) is 18.6 Å². The maximum Gasteiger partial charge on any atom is 0.0217 e. The summed E-state index contributed by atoms with van der Waals surface area (Å²) in [6.45, 7) is 10.1. The van der Waals surface area contributed by atoms with Gasteiger partial charge in [-0.2, -0.15) is 0 Å². The molecular formula is C11H26N2. The smallest absolute Gasteiger partial charge is 0.0217 e. The molecule has 80 valence electrons. The molecule has 0 aromatic rings. The molecule has 0 saturated carbocycles. The second-order valence-corrected chi connectivity index (χ2v) is 4.81. The van der Waals surface area contributed by atoms with E-state index in [2.05, 4.69) is 52.0 Å². The van der Waals surface area contributed by atoms with Crippen LogP contribution in [0.2, 0.25) is 0 Å². The lowest BCUT2D eigenvalue weighted by molar-refractivity contribution is 0.243. The number of likely N-dealkylation sites (N-methyl/N-ethyl adjacent to an activating group) is 1. The van der Waals surface area contributed by atoms with E-state index in [-0.39, 0.29) is 0 Å². The Kier molecular flexibility index (Phi) is 6.35. The van der Waals surface area contributed by atoms with Gasteiger partial charge in [0.05, 0.1) is 0 Å². The normalized spacial score (nSPS) is 14.5. The van der Waals surface area contributed by atoms with Crippen LogP contribution in [0.1, 0.15) is 34.1 Å². The Hall–Kier alpha value is -0.0800. The predicted molar refractivity (Wildman–Crippen MR) is 60.1 cm³/mol. The molecule has 2 heteroatoms. The highest BCUT2D eigenvalue weighted by molar-refractivity contribution is 4.71. The fourth-order valence-corrected chi connectivity index (χ4v) is 1.39. The Morgan fingerprint density at radius 1 is 1.08 bits per heavy atom. The zero-order chi connectivity index (χ0) is 10.4. The van der Waals surface area contributed by atoms with E-state index in [1.807, 2.05) is 0 Å². The minimum absolute atomic E-state index is 0.592. The van der Waals surface area contributed by atoms with Gasteiger partial charge in [0.15, 0.2) is 0 Å². The highest BCUT2D eigenvalue weighted by Gasteiger charge is 2.12. The zero-order valence-corrected chi connectivity index (χ0v) is 10.1. The van der Waals surface area contributed by atoms with Crippen molar-refractivity contribution in [3.05, 3.63) is 0 Å². The molecule has 0 aliphatic heterocycles. The molecule has 1 N–H and O–H groups in total. The molecule has 0 bridgehead atoms. The van der Waals surface area contributed by atoms with Crippen LogP contribution in [-0.2, 0) is 0 Å². The molecule has 0 heterocycles. The van der Waals surface area contributed by atoms with Crippen LogP contribution in [0.25, 0.3) is 0 Å². The topological polar surface area (TPSA) is 15.3 Å². The summed E-state index contributed by atoms with van der Waals surface area (Å²) in [6, 6.07) is 1.26. The number of hydrogen-bond donors (Lipinski definition) is 1. The third-order valence-corrected chi connectivity index (χ3v) is 2.24. The number of nitrogens with zero attached hydrogens (tertiary/aromatic N) is 1. The van der Waals surface area contributed by atoms with Gasteiger partial charge in [0.25, 0.3) is 0 Å². The number of rotatable bonds is 6. The third kappa shape index (κ3) is 7.03. The van der Waals surface area contributed by atoms with Gasteiger partial charge in [0.1, 0.15) is 0 Å². The molecule has 0 aromatic heterocycles. The fraction of sp³-hybridized carbons (Fsp3) is 1.00. The first-order valence-electron chi connectivity index (χ1n) is 5.33. The Labute approximate surface area is 83.7 Å². The minimum Gasteiger partial charge on any atom is -0.313 e. The van der Waals surface area contributed by atoms with E-state index in [1.165, 1.54) is 6.42 Å². The van der Waals surface area contributed by atoms with E-state index >= 15 is 0 Å². The van der Waals surface area contributed by atoms with E-state index < -0.39 is 0 Å². The van der Waals surface area contributed by atoms with Gasteiger partial charge < -0.3 is 10.2 Å². The van der Waals surface area contributed by atoms with Crippen LogP contribution in [0.4, 0.5) is 0 Å². The predicted octanol–water partition coefficient (Wildman–Crippen LogP) is 1.96. The Morgan fingerprint density at radius 2 is 1.62 bits per heavy atom. The molecular weight excluding hydrogens is 160 g/mol. The van der Waals surface area contributed by atoms with Crippen molar-refractivity contribution >= 4 is 0 Å². The van der Waals surface area contributed by atoms with Crippen LogP contribution < -0.4 is 5.32 Å². The molecule has 0 radical (unpaired) electrons. The summed E-state index contributed by atoms with van der Waals surface area (Å²) in [5.74, 6) is 0.779. The maximum absolute atomic E-state index is 3.49.